The van der Waals surface area contributed by atoms with Gasteiger partial charge in [-0.15, -0.1) is 0 Å². The van der Waals surface area contributed by atoms with Crippen LogP contribution in [0.15, 0.2) is 4.99 Å². The normalized spacial score (nSPS) is 13.3. The smallest absolute Gasteiger partial charge is 0.326 e. The molecule has 0 radical (unpaired) electrons. The minimum atomic E-state index is -1.19. The maximum absolute atomic E-state index is 12.7. The highest BCUT2D eigenvalue weighted by molar-refractivity contribution is 5.92. The number of nitrogens with two attached hydrogens (primary N) is 4. The van der Waals surface area contributed by atoms with Crippen LogP contribution >= 0.6 is 0 Å². The first-order chi connectivity index (χ1) is 15.3. The Kier molecular flexibility index (Phi) is 13.8. The van der Waals surface area contributed by atoms with Crippen molar-refractivity contribution in [3.05, 3.63) is 0 Å². The molecule has 188 valence electrons. The number of nitrogens with zero attached hydrogens (tertiary/aromatic N) is 1. The summed E-state index contributed by atoms with van der Waals surface area (Å²) in [6.45, 7) is 3.34. The van der Waals surface area contributed by atoms with Crippen molar-refractivity contribution in [3.8, 4) is 0 Å². The summed E-state index contributed by atoms with van der Waals surface area (Å²) in [5, 5.41) is 16.5. The van der Waals surface area contributed by atoms with Crippen molar-refractivity contribution in [3.63, 3.8) is 0 Å². The number of carbonyl (C=O) groups excluding carboxylic acids is 4. The van der Waals surface area contributed by atoms with Gasteiger partial charge < -0.3 is 44.0 Å². The maximum atomic E-state index is 12.7. The van der Waals surface area contributed by atoms with Gasteiger partial charge in [-0.05, 0) is 31.6 Å². The molecule has 0 spiro atoms. The third kappa shape index (κ3) is 14.3. The van der Waals surface area contributed by atoms with Crippen LogP contribution in [0.5, 0.6) is 0 Å². The Morgan fingerprint density at radius 1 is 0.939 bits per heavy atom. The fourth-order valence-corrected chi connectivity index (χ4v) is 2.71. The second-order valence-electron chi connectivity index (χ2n) is 7.93. The molecule has 14 nitrogen and oxygen atoms in total. The number of hydrogen-bond donors (Lipinski definition) is 8. The van der Waals surface area contributed by atoms with Crippen molar-refractivity contribution in [2.75, 3.05) is 13.1 Å². The van der Waals surface area contributed by atoms with Gasteiger partial charge in [0.05, 0.1) is 12.6 Å². The molecule has 12 N–H and O–H groups in total. The molecule has 0 aliphatic heterocycles. The van der Waals surface area contributed by atoms with Crippen LogP contribution in [0.3, 0.4) is 0 Å². The molecular formula is C19H36N8O6. The molecule has 0 aliphatic carbocycles. The van der Waals surface area contributed by atoms with Gasteiger partial charge >= 0.3 is 5.97 Å². The van der Waals surface area contributed by atoms with E-state index in [1.807, 2.05) is 13.8 Å². The number of nitrogens with one attached hydrogen (secondary N) is 3. The van der Waals surface area contributed by atoms with Gasteiger partial charge in [-0.25, -0.2) is 4.79 Å². The minimum absolute atomic E-state index is 0.00953. The number of hydrogen-bond acceptors (Lipinski definition) is 7. The van der Waals surface area contributed by atoms with E-state index in [-0.39, 0.29) is 44.1 Å². The number of carboxylic acid groups (broad SMARTS) is 1. The second-order valence-corrected chi connectivity index (χ2v) is 7.93. The summed E-state index contributed by atoms with van der Waals surface area (Å²) in [4.78, 5) is 62.9. The van der Waals surface area contributed by atoms with Gasteiger partial charge in [0.15, 0.2) is 5.96 Å². The van der Waals surface area contributed by atoms with Crippen molar-refractivity contribution >= 4 is 35.6 Å². The Labute approximate surface area is 192 Å². The highest BCUT2D eigenvalue weighted by Crippen LogP contribution is 2.07. The quantitative estimate of drug-likeness (QED) is 0.0639. The monoisotopic (exact) mass is 472 g/mol. The van der Waals surface area contributed by atoms with E-state index in [0.717, 1.165) is 0 Å². The molecule has 0 heterocycles. The number of aliphatic carboxylic acids is 1. The molecule has 33 heavy (non-hydrogen) atoms. The van der Waals surface area contributed by atoms with Crippen molar-refractivity contribution in [2.45, 2.75) is 64.1 Å². The van der Waals surface area contributed by atoms with Gasteiger partial charge in [0.25, 0.3) is 0 Å². The molecule has 0 aromatic carbocycles. The molecule has 3 unspecified atom stereocenters. The molecule has 0 aliphatic rings. The summed E-state index contributed by atoms with van der Waals surface area (Å²) >= 11 is 0. The van der Waals surface area contributed by atoms with Crippen LogP contribution in [0.4, 0.5) is 0 Å². The first kappa shape index (κ1) is 29.6. The second kappa shape index (κ2) is 15.4. The fraction of sp³-hybridized carbons (Fsp3) is 0.684. The molecule has 0 aromatic rings. The van der Waals surface area contributed by atoms with Crippen LogP contribution in [-0.2, 0) is 24.0 Å². The van der Waals surface area contributed by atoms with Crippen LogP contribution in [0, 0.1) is 5.92 Å². The lowest BCUT2D eigenvalue weighted by molar-refractivity contribution is -0.142. The first-order valence-corrected chi connectivity index (χ1v) is 10.5. The van der Waals surface area contributed by atoms with Crippen LogP contribution in [0.1, 0.15) is 46.0 Å². The lowest BCUT2D eigenvalue weighted by atomic mass is 10.0. The number of aliphatic imine (C=N–C) groups is 1. The molecule has 0 fully saturated rings. The van der Waals surface area contributed by atoms with Crippen LogP contribution < -0.4 is 38.9 Å². The van der Waals surface area contributed by atoms with Crippen molar-refractivity contribution < 1.29 is 29.1 Å². The third-order valence-corrected chi connectivity index (χ3v) is 4.38. The Bertz CT molecular complexity index is 723. The predicted octanol–water partition coefficient (Wildman–Crippen LogP) is -3.15. The van der Waals surface area contributed by atoms with E-state index in [1.165, 1.54) is 0 Å². The number of amides is 4. The van der Waals surface area contributed by atoms with Crippen molar-refractivity contribution in [1.29, 1.82) is 0 Å². The predicted molar refractivity (Wildman–Crippen MR) is 120 cm³/mol. The summed E-state index contributed by atoms with van der Waals surface area (Å²) in [6.07, 6.45) is 0.580. The molecule has 0 saturated carbocycles. The van der Waals surface area contributed by atoms with Crippen LogP contribution in [-0.4, -0.2) is 71.9 Å². The highest BCUT2D eigenvalue weighted by atomic mass is 16.4. The van der Waals surface area contributed by atoms with E-state index in [9.17, 15) is 29.1 Å². The third-order valence-electron chi connectivity index (χ3n) is 4.38. The number of carbonyl (C=O) groups is 5. The largest absolute Gasteiger partial charge is 0.480 e. The van der Waals surface area contributed by atoms with Crippen LogP contribution in [0.25, 0.3) is 0 Å². The minimum Gasteiger partial charge on any atom is -0.480 e. The van der Waals surface area contributed by atoms with E-state index >= 15 is 0 Å². The Morgan fingerprint density at radius 2 is 1.58 bits per heavy atom. The van der Waals surface area contributed by atoms with Gasteiger partial charge in [0.2, 0.25) is 23.6 Å². The lowest BCUT2D eigenvalue weighted by Gasteiger charge is -2.22. The van der Waals surface area contributed by atoms with Crippen molar-refractivity contribution in [1.82, 2.24) is 16.0 Å². The summed E-state index contributed by atoms with van der Waals surface area (Å²) in [6, 6.07) is -3.24. The average molecular weight is 473 g/mol. The number of rotatable bonds is 16. The standard InChI is InChI=1S/C19H36N8O6/c1-10(2)8-13(18(32)33)27-17(31)12(4-3-7-24-19(22)23)26-15(29)9-25-16(30)11(20)5-6-14(21)28/h10-13H,3-9,20H2,1-2H3,(H2,21,28)(H,25,30)(H,26,29)(H,27,31)(H,32,33)(H4,22,23,24). The SMILES string of the molecule is CC(C)CC(NC(=O)C(CCCN=C(N)N)NC(=O)CNC(=O)C(N)CCC(N)=O)C(=O)O. The molecule has 0 aromatic heterocycles. The van der Waals surface area contributed by atoms with E-state index in [2.05, 4.69) is 20.9 Å². The molecule has 14 heteroatoms. The Hall–Kier alpha value is -3.42. The Morgan fingerprint density at radius 3 is 2.09 bits per heavy atom. The van der Waals surface area contributed by atoms with Gasteiger partial charge in [0, 0.05) is 13.0 Å². The fourth-order valence-electron chi connectivity index (χ4n) is 2.71. The van der Waals surface area contributed by atoms with Crippen molar-refractivity contribution in [2.24, 2.45) is 33.8 Å². The van der Waals surface area contributed by atoms with E-state index in [4.69, 9.17) is 22.9 Å². The zero-order valence-electron chi connectivity index (χ0n) is 19.0. The number of carboxylic acids is 1. The lowest BCUT2D eigenvalue weighted by Crippen LogP contribution is -2.54. The summed E-state index contributed by atoms with van der Waals surface area (Å²) in [7, 11) is 0. The number of primary amides is 1. The topological polar surface area (TPSA) is 258 Å². The summed E-state index contributed by atoms with van der Waals surface area (Å²) in [5.74, 6) is -3.96. The zero-order valence-corrected chi connectivity index (χ0v) is 19.0. The Balaban J connectivity index is 5.02. The van der Waals surface area contributed by atoms with Gasteiger partial charge in [0.1, 0.15) is 12.1 Å². The van der Waals surface area contributed by atoms with E-state index in [1.54, 1.807) is 0 Å². The van der Waals surface area contributed by atoms with Gasteiger partial charge in [-0.3, -0.25) is 24.2 Å². The molecule has 3 atom stereocenters. The number of guanidine groups is 1. The van der Waals surface area contributed by atoms with Gasteiger partial charge in [-0.2, -0.15) is 0 Å². The van der Waals surface area contributed by atoms with E-state index in [0.29, 0.717) is 6.42 Å². The molecule has 0 bridgehead atoms. The maximum Gasteiger partial charge on any atom is 0.326 e. The zero-order chi connectivity index (χ0) is 25.6. The molecule has 0 rings (SSSR count). The average Bonchev–Trinajstić information content (AvgIpc) is 2.70. The summed E-state index contributed by atoms with van der Waals surface area (Å²) in [5.41, 5.74) is 21.2. The summed E-state index contributed by atoms with van der Waals surface area (Å²) < 4.78 is 0. The molecule has 4 amide bonds. The van der Waals surface area contributed by atoms with E-state index < -0.39 is 54.3 Å². The highest BCUT2D eigenvalue weighted by Gasteiger charge is 2.27. The van der Waals surface area contributed by atoms with Gasteiger partial charge in [-0.1, -0.05) is 13.8 Å². The molecule has 0 saturated heterocycles. The first-order valence-electron chi connectivity index (χ1n) is 10.5. The molecular weight excluding hydrogens is 436 g/mol. The van der Waals surface area contributed by atoms with Crippen LogP contribution in [0.2, 0.25) is 0 Å².